The number of likely N-dealkylation sites (tertiary alicyclic amines) is 1. The highest BCUT2D eigenvalue weighted by atomic mass is 16.2. The smallest absolute Gasteiger partial charge is 0.233 e. The number of rotatable bonds is 3. The second-order valence-corrected chi connectivity index (χ2v) is 3.57. The zero-order valence-corrected chi connectivity index (χ0v) is 8.32. The first kappa shape index (κ1) is 10.8. The number of imide groups is 1. The molecule has 2 amide bonds. The molecule has 0 aromatic rings. The lowest BCUT2D eigenvalue weighted by molar-refractivity contribution is -0.145. The Hall–Kier alpha value is -1.23. The predicted octanol–water partition coefficient (Wildman–Crippen LogP) is -0.702. The van der Waals surface area contributed by atoms with E-state index in [2.05, 4.69) is 0 Å². The largest absolute Gasteiger partial charge is 0.328 e. The van der Waals surface area contributed by atoms with Gasteiger partial charge in [-0.25, -0.2) is 0 Å². The quantitative estimate of drug-likeness (QED) is 0.608. The van der Waals surface area contributed by atoms with E-state index in [9.17, 15) is 14.4 Å². The zero-order chi connectivity index (χ0) is 10.9. The minimum atomic E-state index is -0.778. The number of carbonyl (C=O) groups excluding carboxylic acids is 3. The number of carbonyl (C=O) groups is 3. The first-order chi connectivity index (χ1) is 6.49. The number of hydrogen-bond acceptors (Lipinski definition) is 4. The predicted molar refractivity (Wildman–Crippen MR) is 49.2 cm³/mol. The third-order valence-electron chi connectivity index (χ3n) is 2.41. The molecular formula is C9H14N2O3. The maximum Gasteiger partial charge on any atom is 0.233 e. The van der Waals surface area contributed by atoms with Gasteiger partial charge in [-0.3, -0.25) is 19.3 Å². The molecule has 1 heterocycles. The Balaban J connectivity index is 2.90. The molecule has 0 aromatic carbocycles. The molecular weight excluding hydrogens is 184 g/mol. The van der Waals surface area contributed by atoms with Crippen molar-refractivity contribution >= 4 is 17.6 Å². The molecule has 1 aliphatic heterocycles. The topological polar surface area (TPSA) is 80.5 Å². The molecule has 1 unspecified atom stereocenters. The van der Waals surface area contributed by atoms with Crippen molar-refractivity contribution in [3.63, 3.8) is 0 Å². The molecule has 0 radical (unpaired) electrons. The standard InChI is InChI=1S/C9H14N2O3/c1-5-3-8(13)11(9(5)14)7(4-10)6(2)12/h5,7H,3-4,10H2,1-2H3/t5?,7-/m0/s1. The molecule has 0 saturated carbocycles. The fourth-order valence-corrected chi connectivity index (χ4v) is 1.59. The summed E-state index contributed by atoms with van der Waals surface area (Å²) in [4.78, 5) is 35.1. The molecule has 1 fully saturated rings. The fourth-order valence-electron chi connectivity index (χ4n) is 1.59. The van der Waals surface area contributed by atoms with E-state index in [4.69, 9.17) is 5.73 Å². The molecule has 0 aromatic heterocycles. The lowest BCUT2D eigenvalue weighted by Gasteiger charge is -2.22. The van der Waals surface area contributed by atoms with E-state index in [0.717, 1.165) is 4.90 Å². The number of nitrogens with zero attached hydrogens (tertiary/aromatic N) is 1. The maximum absolute atomic E-state index is 11.5. The number of Topliss-reactive ketones (excluding diaryl/α,β-unsaturated/α-hetero) is 1. The van der Waals surface area contributed by atoms with Gasteiger partial charge in [-0.2, -0.15) is 0 Å². The minimum Gasteiger partial charge on any atom is -0.328 e. The van der Waals surface area contributed by atoms with Crippen LogP contribution in [0, 0.1) is 5.92 Å². The van der Waals surface area contributed by atoms with Crippen LogP contribution in [0.4, 0.5) is 0 Å². The summed E-state index contributed by atoms with van der Waals surface area (Å²) in [6.07, 6.45) is 0.183. The zero-order valence-electron chi connectivity index (χ0n) is 8.32. The van der Waals surface area contributed by atoms with E-state index < -0.39 is 6.04 Å². The van der Waals surface area contributed by atoms with Crippen molar-refractivity contribution in [3.05, 3.63) is 0 Å². The van der Waals surface area contributed by atoms with Gasteiger partial charge in [-0.15, -0.1) is 0 Å². The summed E-state index contributed by atoms with van der Waals surface area (Å²) in [5.41, 5.74) is 5.36. The normalized spacial score (nSPS) is 24.2. The van der Waals surface area contributed by atoms with E-state index in [1.807, 2.05) is 0 Å². The van der Waals surface area contributed by atoms with Crippen LogP contribution in [0.1, 0.15) is 20.3 Å². The van der Waals surface area contributed by atoms with Gasteiger partial charge in [0.05, 0.1) is 0 Å². The van der Waals surface area contributed by atoms with Crippen molar-refractivity contribution in [1.29, 1.82) is 0 Å². The molecule has 1 rings (SSSR count). The Kier molecular flexibility index (Phi) is 3.00. The van der Waals surface area contributed by atoms with Crippen LogP contribution in [-0.4, -0.2) is 35.1 Å². The van der Waals surface area contributed by atoms with Crippen LogP contribution in [0.5, 0.6) is 0 Å². The molecule has 2 N–H and O–H groups in total. The van der Waals surface area contributed by atoms with Gasteiger partial charge in [0.15, 0.2) is 5.78 Å². The van der Waals surface area contributed by atoms with Crippen molar-refractivity contribution in [1.82, 2.24) is 4.90 Å². The average Bonchev–Trinajstić information content (AvgIpc) is 2.32. The molecule has 0 aliphatic carbocycles. The number of ketones is 1. The number of nitrogens with two attached hydrogens (primary N) is 1. The Labute approximate surface area is 82.2 Å². The van der Waals surface area contributed by atoms with Gasteiger partial charge in [-0.1, -0.05) is 6.92 Å². The maximum atomic E-state index is 11.5. The highest BCUT2D eigenvalue weighted by Gasteiger charge is 2.40. The second kappa shape index (κ2) is 3.88. The van der Waals surface area contributed by atoms with Crippen LogP contribution in [-0.2, 0) is 14.4 Å². The summed E-state index contributed by atoms with van der Waals surface area (Å²) in [5.74, 6) is -1.16. The Morgan fingerprint density at radius 3 is 2.50 bits per heavy atom. The van der Waals surface area contributed by atoms with Crippen molar-refractivity contribution < 1.29 is 14.4 Å². The Bertz CT molecular complexity index is 288. The Morgan fingerprint density at radius 1 is 1.64 bits per heavy atom. The van der Waals surface area contributed by atoms with E-state index in [0.29, 0.717) is 0 Å². The third kappa shape index (κ3) is 1.68. The monoisotopic (exact) mass is 198 g/mol. The van der Waals surface area contributed by atoms with Gasteiger partial charge in [0.2, 0.25) is 11.8 Å². The summed E-state index contributed by atoms with van der Waals surface area (Å²) < 4.78 is 0. The van der Waals surface area contributed by atoms with E-state index in [1.54, 1.807) is 6.92 Å². The van der Waals surface area contributed by atoms with Crippen molar-refractivity contribution in [2.75, 3.05) is 6.54 Å². The van der Waals surface area contributed by atoms with Gasteiger partial charge in [-0.05, 0) is 6.92 Å². The molecule has 0 bridgehead atoms. The van der Waals surface area contributed by atoms with Gasteiger partial charge >= 0.3 is 0 Å². The molecule has 5 heteroatoms. The summed E-state index contributed by atoms with van der Waals surface area (Å²) >= 11 is 0. The van der Waals surface area contributed by atoms with Crippen molar-refractivity contribution in [2.45, 2.75) is 26.3 Å². The van der Waals surface area contributed by atoms with Crippen LogP contribution in [0.2, 0.25) is 0 Å². The first-order valence-corrected chi connectivity index (χ1v) is 4.55. The average molecular weight is 198 g/mol. The first-order valence-electron chi connectivity index (χ1n) is 4.55. The fraction of sp³-hybridized carbons (Fsp3) is 0.667. The van der Waals surface area contributed by atoms with Crippen molar-refractivity contribution in [2.24, 2.45) is 11.7 Å². The number of hydrogen-bond donors (Lipinski definition) is 1. The van der Waals surface area contributed by atoms with Crippen LogP contribution in [0.25, 0.3) is 0 Å². The van der Waals surface area contributed by atoms with E-state index in [-0.39, 0.29) is 36.5 Å². The van der Waals surface area contributed by atoms with Crippen LogP contribution in [0.15, 0.2) is 0 Å². The minimum absolute atomic E-state index is 0.000463. The summed E-state index contributed by atoms with van der Waals surface area (Å²) in [6.45, 7) is 3.01. The van der Waals surface area contributed by atoms with Gasteiger partial charge < -0.3 is 5.73 Å². The summed E-state index contributed by atoms with van der Waals surface area (Å²) in [7, 11) is 0. The highest BCUT2D eigenvalue weighted by molar-refractivity contribution is 6.06. The van der Waals surface area contributed by atoms with Crippen LogP contribution >= 0.6 is 0 Å². The molecule has 2 atom stereocenters. The van der Waals surface area contributed by atoms with Crippen LogP contribution in [0.3, 0.4) is 0 Å². The van der Waals surface area contributed by atoms with Crippen molar-refractivity contribution in [3.8, 4) is 0 Å². The van der Waals surface area contributed by atoms with E-state index >= 15 is 0 Å². The van der Waals surface area contributed by atoms with Crippen LogP contribution < -0.4 is 5.73 Å². The lowest BCUT2D eigenvalue weighted by Crippen LogP contribution is -2.48. The summed E-state index contributed by atoms with van der Waals surface area (Å²) in [6, 6.07) is -0.778. The molecule has 1 saturated heterocycles. The van der Waals surface area contributed by atoms with Gasteiger partial charge in [0, 0.05) is 18.9 Å². The molecule has 78 valence electrons. The third-order valence-corrected chi connectivity index (χ3v) is 2.41. The SMILES string of the molecule is CC(=O)[C@H](CN)N1C(=O)CC(C)C1=O. The molecule has 0 spiro atoms. The summed E-state index contributed by atoms with van der Waals surface area (Å²) in [5, 5.41) is 0. The lowest BCUT2D eigenvalue weighted by atomic mass is 10.1. The molecule has 1 aliphatic rings. The second-order valence-electron chi connectivity index (χ2n) is 3.57. The number of amides is 2. The Morgan fingerprint density at radius 2 is 2.21 bits per heavy atom. The molecule has 14 heavy (non-hydrogen) atoms. The van der Waals surface area contributed by atoms with Gasteiger partial charge in [0.1, 0.15) is 6.04 Å². The highest BCUT2D eigenvalue weighted by Crippen LogP contribution is 2.21. The van der Waals surface area contributed by atoms with E-state index in [1.165, 1.54) is 6.92 Å². The van der Waals surface area contributed by atoms with Gasteiger partial charge in [0.25, 0.3) is 0 Å². The molecule has 5 nitrogen and oxygen atoms in total.